The fourth-order valence-corrected chi connectivity index (χ4v) is 3.57. The van der Waals surface area contributed by atoms with Crippen LogP contribution in [0.15, 0.2) is 11.5 Å². The molecule has 0 saturated heterocycles. The Kier molecular flexibility index (Phi) is 4.80. The van der Waals surface area contributed by atoms with E-state index >= 15 is 0 Å². The van der Waals surface area contributed by atoms with Gasteiger partial charge < -0.3 is 15.0 Å². The number of hydrogen-bond donors (Lipinski definition) is 2. The van der Waals surface area contributed by atoms with Gasteiger partial charge in [-0.25, -0.2) is 0 Å². The molecule has 1 aromatic rings. The molecule has 1 aromatic heterocycles. The van der Waals surface area contributed by atoms with Crippen LogP contribution in [0.25, 0.3) is 0 Å². The monoisotopic (exact) mass is 310 g/mol. The fourth-order valence-electron chi connectivity index (χ4n) is 2.77. The van der Waals surface area contributed by atoms with Crippen LogP contribution in [-0.4, -0.2) is 43.7 Å². The molecule has 1 heterocycles. The Labute approximate surface area is 128 Å². The molecular weight excluding hydrogens is 288 g/mol. The van der Waals surface area contributed by atoms with E-state index in [4.69, 9.17) is 0 Å². The van der Waals surface area contributed by atoms with Gasteiger partial charge in [-0.05, 0) is 25.7 Å². The van der Waals surface area contributed by atoms with Crippen LogP contribution in [0.1, 0.15) is 51.0 Å². The summed E-state index contributed by atoms with van der Waals surface area (Å²) in [5, 5.41) is 21.8. The quantitative estimate of drug-likeness (QED) is 0.636. The number of thioether (sulfide) groups is 1. The van der Waals surface area contributed by atoms with E-state index in [2.05, 4.69) is 20.1 Å². The summed E-state index contributed by atoms with van der Waals surface area (Å²) in [6.07, 6.45) is 8.60. The average molecular weight is 310 g/mol. The zero-order valence-electron chi connectivity index (χ0n) is 12.1. The molecule has 2 aliphatic carbocycles. The lowest BCUT2D eigenvalue weighted by Gasteiger charge is -2.21. The number of amides is 1. The number of aliphatic hydroxyl groups is 1. The van der Waals surface area contributed by atoms with Crippen molar-refractivity contribution in [3.8, 4) is 0 Å². The average Bonchev–Trinajstić information content (AvgIpc) is 3.24. The van der Waals surface area contributed by atoms with Crippen LogP contribution >= 0.6 is 11.8 Å². The first-order chi connectivity index (χ1) is 10.2. The number of rotatable bonds is 5. The summed E-state index contributed by atoms with van der Waals surface area (Å²) in [4.78, 5) is 12.1. The third kappa shape index (κ3) is 3.97. The molecule has 116 valence electrons. The summed E-state index contributed by atoms with van der Waals surface area (Å²) in [6.45, 7) is 0. The highest BCUT2D eigenvalue weighted by Gasteiger charge is 2.27. The molecule has 0 radical (unpaired) electrons. The molecule has 1 amide bonds. The third-order valence-electron chi connectivity index (χ3n) is 4.14. The predicted molar refractivity (Wildman–Crippen MR) is 80.0 cm³/mol. The van der Waals surface area contributed by atoms with Crippen LogP contribution in [0.2, 0.25) is 0 Å². The number of hydrogen-bond acceptors (Lipinski definition) is 5. The molecule has 2 aliphatic rings. The normalized spacial score (nSPS) is 26.3. The minimum Gasteiger partial charge on any atom is -0.391 e. The number of carbonyl (C=O) groups is 1. The van der Waals surface area contributed by atoms with Gasteiger partial charge in [-0.2, -0.15) is 0 Å². The van der Waals surface area contributed by atoms with Crippen LogP contribution < -0.4 is 5.32 Å². The molecule has 2 unspecified atom stereocenters. The van der Waals surface area contributed by atoms with Gasteiger partial charge in [0.15, 0.2) is 5.16 Å². The fraction of sp³-hybridized carbons (Fsp3) is 0.786. The van der Waals surface area contributed by atoms with Crippen molar-refractivity contribution in [3.05, 3.63) is 6.33 Å². The number of nitrogens with one attached hydrogen (secondary N) is 1. The summed E-state index contributed by atoms with van der Waals surface area (Å²) in [5.74, 6) is 0.297. The summed E-state index contributed by atoms with van der Waals surface area (Å²) < 4.78 is 2.05. The first-order valence-corrected chi connectivity index (χ1v) is 8.72. The first-order valence-electron chi connectivity index (χ1n) is 7.74. The van der Waals surface area contributed by atoms with E-state index in [1.54, 1.807) is 6.33 Å². The molecule has 2 atom stereocenters. The van der Waals surface area contributed by atoms with Gasteiger partial charge in [0.1, 0.15) is 6.33 Å². The van der Waals surface area contributed by atoms with Crippen molar-refractivity contribution < 1.29 is 9.90 Å². The van der Waals surface area contributed by atoms with Crippen molar-refractivity contribution in [1.82, 2.24) is 20.1 Å². The van der Waals surface area contributed by atoms with Crippen molar-refractivity contribution in [1.29, 1.82) is 0 Å². The molecule has 6 nitrogen and oxygen atoms in total. The highest BCUT2D eigenvalue weighted by atomic mass is 32.2. The van der Waals surface area contributed by atoms with E-state index < -0.39 is 6.10 Å². The van der Waals surface area contributed by atoms with Gasteiger partial charge in [0.05, 0.1) is 17.9 Å². The maximum atomic E-state index is 12.1. The second kappa shape index (κ2) is 6.79. The topological polar surface area (TPSA) is 80.0 Å². The van der Waals surface area contributed by atoms with E-state index in [1.165, 1.54) is 24.6 Å². The first kappa shape index (κ1) is 14.8. The molecule has 0 aromatic carbocycles. The number of carbonyl (C=O) groups excluding carboxylic acids is 1. The Morgan fingerprint density at radius 2 is 2.14 bits per heavy atom. The molecule has 0 bridgehead atoms. The van der Waals surface area contributed by atoms with Crippen LogP contribution in [-0.2, 0) is 4.79 Å². The van der Waals surface area contributed by atoms with Gasteiger partial charge in [0.2, 0.25) is 5.91 Å². The lowest BCUT2D eigenvalue weighted by molar-refractivity contribution is -0.120. The Bertz CT molecular complexity index is 489. The van der Waals surface area contributed by atoms with E-state index in [1.807, 2.05) is 0 Å². The number of nitrogens with zero attached hydrogens (tertiary/aromatic N) is 3. The molecule has 2 N–H and O–H groups in total. The van der Waals surface area contributed by atoms with Crippen molar-refractivity contribution in [2.45, 2.75) is 68.3 Å². The van der Waals surface area contributed by atoms with E-state index in [-0.39, 0.29) is 11.9 Å². The Balaban J connectivity index is 1.48. The predicted octanol–water partition coefficient (Wildman–Crippen LogP) is 1.51. The van der Waals surface area contributed by atoms with Gasteiger partial charge >= 0.3 is 0 Å². The van der Waals surface area contributed by atoms with Gasteiger partial charge in [0.25, 0.3) is 0 Å². The van der Waals surface area contributed by atoms with Crippen LogP contribution in [0.3, 0.4) is 0 Å². The highest BCUT2D eigenvalue weighted by Crippen LogP contribution is 2.37. The zero-order chi connectivity index (χ0) is 14.7. The van der Waals surface area contributed by atoms with E-state index in [0.717, 1.165) is 37.3 Å². The Hall–Kier alpha value is -1.08. The van der Waals surface area contributed by atoms with E-state index in [9.17, 15) is 9.90 Å². The summed E-state index contributed by atoms with van der Waals surface area (Å²) in [7, 11) is 0. The molecular formula is C14H22N4O2S. The van der Waals surface area contributed by atoms with Crippen molar-refractivity contribution in [3.63, 3.8) is 0 Å². The lowest BCUT2D eigenvalue weighted by Crippen LogP contribution is -2.43. The second-order valence-electron chi connectivity index (χ2n) is 5.92. The minimum atomic E-state index is -0.406. The zero-order valence-corrected chi connectivity index (χ0v) is 12.9. The Morgan fingerprint density at radius 3 is 2.95 bits per heavy atom. The largest absolute Gasteiger partial charge is 0.391 e. The molecule has 3 rings (SSSR count). The molecule has 7 heteroatoms. The summed E-state index contributed by atoms with van der Waals surface area (Å²) in [6, 6.07) is 0.427. The van der Waals surface area contributed by atoms with Gasteiger partial charge in [-0.1, -0.05) is 31.0 Å². The van der Waals surface area contributed by atoms with Gasteiger partial charge in [0, 0.05) is 6.04 Å². The lowest BCUT2D eigenvalue weighted by atomic mass is 10.1. The second-order valence-corrected chi connectivity index (χ2v) is 6.86. The number of aliphatic hydroxyl groups excluding tert-OH is 1. The summed E-state index contributed by atoms with van der Waals surface area (Å²) >= 11 is 1.42. The van der Waals surface area contributed by atoms with E-state index in [0.29, 0.717) is 11.8 Å². The Morgan fingerprint density at radius 1 is 1.33 bits per heavy atom. The highest BCUT2D eigenvalue weighted by molar-refractivity contribution is 7.99. The van der Waals surface area contributed by atoms with Crippen LogP contribution in [0.4, 0.5) is 0 Å². The van der Waals surface area contributed by atoms with Crippen molar-refractivity contribution in [2.24, 2.45) is 0 Å². The van der Waals surface area contributed by atoms with Gasteiger partial charge in [-0.15, -0.1) is 10.2 Å². The molecule has 2 fully saturated rings. The van der Waals surface area contributed by atoms with Crippen LogP contribution in [0.5, 0.6) is 0 Å². The maximum absolute atomic E-state index is 12.1. The summed E-state index contributed by atoms with van der Waals surface area (Å²) in [5.41, 5.74) is 0. The smallest absolute Gasteiger partial charge is 0.230 e. The minimum absolute atomic E-state index is 0.0312. The van der Waals surface area contributed by atoms with Crippen LogP contribution in [0, 0.1) is 0 Å². The maximum Gasteiger partial charge on any atom is 0.230 e. The third-order valence-corrected chi connectivity index (χ3v) is 5.10. The number of aromatic nitrogens is 3. The van der Waals surface area contributed by atoms with Crippen molar-refractivity contribution >= 4 is 17.7 Å². The molecule has 21 heavy (non-hydrogen) atoms. The standard InChI is InChI=1S/C14H22N4O2S/c19-12-5-3-1-2-4-11(12)16-13(20)8-21-14-17-15-9-18(14)10-6-7-10/h9-12,19H,1-8H2,(H,16,20). The van der Waals surface area contributed by atoms with Crippen molar-refractivity contribution in [2.75, 3.05) is 5.75 Å². The molecule has 0 spiro atoms. The molecule has 0 aliphatic heterocycles. The van der Waals surface area contributed by atoms with Gasteiger partial charge in [-0.3, -0.25) is 4.79 Å². The molecule has 2 saturated carbocycles. The SMILES string of the molecule is O=C(CSc1nncn1C1CC1)NC1CCCCCC1O.